The summed E-state index contributed by atoms with van der Waals surface area (Å²) in [5.41, 5.74) is 2.51. The van der Waals surface area contributed by atoms with Gasteiger partial charge < -0.3 is 9.47 Å². The molecule has 0 saturated carbocycles. The zero-order chi connectivity index (χ0) is 27.0. The maximum Gasteiger partial charge on any atom is 0.243 e. The molecule has 8 nitrogen and oxygen atoms in total. The summed E-state index contributed by atoms with van der Waals surface area (Å²) in [6.07, 6.45) is 0.0852. The van der Waals surface area contributed by atoms with Crippen LogP contribution in [0.2, 0.25) is 5.02 Å². The maximum absolute atomic E-state index is 14.7. The van der Waals surface area contributed by atoms with E-state index < -0.39 is 23.9 Å². The summed E-state index contributed by atoms with van der Waals surface area (Å²) in [5, 5.41) is 11.9. The van der Waals surface area contributed by atoms with E-state index in [9.17, 15) is 23.2 Å². The number of alkyl halides is 1. The number of halogens is 3. The number of amides is 1. The lowest BCUT2D eigenvalue weighted by Crippen LogP contribution is -2.42. The SMILES string of the molecule is CC(=O)c1cn(CC(=O)N2C[C@H](F)C[C@H]2C(=O)CCc2cc(C3=NN=NC3)cc(Cl)c2F)c2ccccc12. The molecule has 0 bridgehead atoms. The fourth-order valence-electron chi connectivity index (χ4n) is 5.04. The molecule has 2 aliphatic heterocycles. The van der Waals surface area contributed by atoms with Crippen molar-refractivity contribution in [3.8, 4) is 0 Å². The van der Waals surface area contributed by atoms with Crippen molar-refractivity contribution in [3.05, 3.63) is 70.1 Å². The van der Waals surface area contributed by atoms with Crippen LogP contribution in [0.4, 0.5) is 8.78 Å². The first kappa shape index (κ1) is 25.8. The van der Waals surface area contributed by atoms with Gasteiger partial charge in [0.2, 0.25) is 5.91 Å². The van der Waals surface area contributed by atoms with Crippen molar-refractivity contribution in [2.45, 2.75) is 44.9 Å². The normalized spacial score (nSPS) is 18.8. The lowest BCUT2D eigenvalue weighted by molar-refractivity contribution is -0.138. The molecule has 1 aromatic heterocycles. The topological polar surface area (TPSA) is 96.5 Å². The highest BCUT2D eigenvalue weighted by Crippen LogP contribution is 2.28. The minimum absolute atomic E-state index is 0.0273. The third-order valence-electron chi connectivity index (χ3n) is 6.94. The first-order valence-corrected chi connectivity index (χ1v) is 12.6. The number of benzene rings is 2. The van der Waals surface area contributed by atoms with Gasteiger partial charge in [-0.1, -0.05) is 29.8 Å². The van der Waals surface area contributed by atoms with Crippen molar-refractivity contribution in [1.82, 2.24) is 9.47 Å². The molecule has 1 amide bonds. The monoisotopic (exact) mass is 539 g/mol. The van der Waals surface area contributed by atoms with E-state index in [0.717, 1.165) is 5.39 Å². The van der Waals surface area contributed by atoms with Gasteiger partial charge >= 0.3 is 0 Å². The Labute approximate surface area is 222 Å². The van der Waals surface area contributed by atoms with Gasteiger partial charge in [-0.05, 0) is 42.3 Å². The number of Topliss-reactive ketones (excluding diaryl/α,β-unsaturated/α-hetero) is 2. The van der Waals surface area contributed by atoms with E-state index in [2.05, 4.69) is 15.4 Å². The molecule has 2 aromatic carbocycles. The van der Waals surface area contributed by atoms with E-state index in [1.165, 1.54) is 17.9 Å². The lowest BCUT2D eigenvalue weighted by atomic mass is 9.98. The molecule has 196 valence electrons. The first-order valence-electron chi connectivity index (χ1n) is 12.2. The van der Waals surface area contributed by atoms with E-state index >= 15 is 0 Å². The molecule has 3 aromatic rings. The standard InChI is InChI=1S/C27H24ClF2N5O3/c1-15(36)20-13-34(23-5-3-2-4-19(20)23)14-26(38)35-12-18(29)10-24(35)25(37)7-6-16-8-17(9-21(28)27(16)30)22-11-31-33-32-22/h2-5,8-9,13,18,24H,6-7,10-12,14H2,1H3/t18-,24+/m1/s1. The Hall–Kier alpha value is -3.79. The molecule has 0 unspecified atom stereocenters. The summed E-state index contributed by atoms with van der Waals surface area (Å²) in [5.74, 6) is -1.56. The highest BCUT2D eigenvalue weighted by atomic mass is 35.5. The number of likely N-dealkylation sites (tertiary alicyclic amines) is 1. The highest BCUT2D eigenvalue weighted by molar-refractivity contribution is 6.31. The predicted octanol–water partition coefficient (Wildman–Crippen LogP) is 4.95. The number of aryl methyl sites for hydroxylation is 1. The number of fused-ring (bicyclic) bond motifs is 1. The molecule has 2 aliphatic rings. The molecule has 2 atom stereocenters. The summed E-state index contributed by atoms with van der Waals surface area (Å²) in [6.45, 7) is 1.36. The van der Waals surface area contributed by atoms with Crippen molar-refractivity contribution in [1.29, 1.82) is 0 Å². The number of carbonyl (C=O) groups excluding carboxylic acids is 3. The number of aromatic nitrogens is 1. The molecule has 0 radical (unpaired) electrons. The zero-order valence-corrected chi connectivity index (χ0v) is 21.3. The quantitative estimate of drug-likeness (QED) is 0.379. The summed E-state index contributed by atoms with van der Waals surface area (Å²) in [7, 11) is 0. The summed E-state index contributed by atoms with van der Waals surface area (Å²) >= 11 is 6.06. The van der Waals surface area contributed by atoms with E-state index in [-0.39, 0.29) is 61.0 Å². The molecule has 11 heteroatoms. The van der Waals surface area contributed by atoms with Gasteiger partial charge in [0.15, 0.2) is 11.6 Å². The minimum atomic E-state index is -1.34. The highest BCUT2D eigenvalue weighted by Gasteiger charge is 2.39. The fourth-order valence-corrected chi connectivity index (χ4v) is 5.28. The van der Waals surface area contributed by atoms with Gasteiger partial charge in [0.05, 0.1) is 23.3 Å². The number of hydrogen-bond donors (Lipinski definition) is 0. The number of ketones is 2. The Bertz CT molecular complexity index is 1520. The van der Waals surface area contributed by atoms with E-state index in [0.29, 0.717) is 22.4 Å². The van der Waals surface area contributed by atoms with Crippen LogP contribution in [-0.2, 0) is 22.6 Å². The second-order valence-corrected chi connectivity index (χ2v) is 9.88. The number of hydrogen-bond acceptors (Lipinski definition) is 6. The Morgan fingerprint density at radius 1 is 1.18 bits per heavy atom. The van der Waals surface area contributed by atoms with Gasteiger partial charge in [-0.2, -0.15) is 5.11 Å². The van der Waals surface area contributed by atoms with E-state index in [4.69, 9.17) is 11.6 Å². The van der Waals surface area contributed by atoms with Gasteiger partial charge in [0.25, 0.3) is 0 Å². The minimum Gasteiger partial charge on any atom is -0.337 e. The second-order valence-electron chi connectivity index (χ2n) is 9.47. The molecule has 0 aliphatic carbocycles. The van der Waals surface area contributed by atoms with Crippen molar-refractivity contribution in [2.24, 2.45) is 15.4 Å². The van der Waals surface area contributed by atoms with Crippen LogP contribution in [0.1, 0.15) is 41.3 Å². The number of nitrogens with zero attached hydrogens (tertiary/aromatic N) is 5. The van der Waals surface area contributed by atoms with Crippen molar-refractivity contribution < 1.29 is 23.2 Å². The molecule has 0 N–H and O–H groups in total. The van der Waals surface area contributed by atoms with E-state index in [1.807, 2.05) is 0 Å². The van der Waals surface area contributed by atoms with Crippen molar-refractivity contribution in [2.75, 3.05) is 13.1 Å². The Morgan fingerprint density at radius 3 is 2.71 bits per heavy atom. The van der Waals surface area contributed by atoms with Gasteiger partial charge in [0.1, 0.15) is 25.1 Å². The molecule has 5 rings (SSSR count). The van der Waals surface area contributed by atoms with Crippen LogP contribution in [0, 0.1) is 5.82 Å². The molecule has 38 heavy (non-hydrogen) atoms. The maximum atomic E-state index is 14.7. The van der Waals surface area contributed by atoms with Crippen LogP contribution in [-0.4, -0.2) is 58.0 Å². The van der Waals surface area contributed by atoms with E-state index in [1.54, 1.807) is 41.1 Å². The van der Waals surface area contributed by atoms with Crippen LogP contribution in [0.5, 0.6) is 0 Å². The summed E-state index contributed by atoms with van der Waals surface area (Å²) in [4.78, 5) is 39.7. The Kier molecular flexibility index (Phi) is 7.16. The first-order chi connectivity index (χ1) is 18.2. The van der Waals surface area contributed by atoms with Crippen LogP contribution in [0.25, 0.3) is 10.9 Å². The fraction of sp³-hybridized carbons (Fsp3) is 0.333. The number of carbonyl (C=O) groups is 3. The number of para-hydroxylation sites is 1. The van der Waals surface area contributed by atoms with Gasteiger partial charge in [-0.15, -0.1) is 5.10 Å². The van der Waals surface area contributed by atoms with Crippen LogP contribution in [0.3, 0.4) is 0 Å². The molecule has 0 spiro atoms. The molecular formula is C27H24ClF2N5O3. The van der Waals surface area contributed by atoms with Crippen LogP contribution < -0.4 is 0 Å². The average Bonchev–Trinajstić information content (AvgIpc) is 3.64. The van der Waals surface area contributed by atoms with Crippen LogP contribution in [0.15, 0.2) is 58.0 Å². The molecular weight excluding hydrogens is 516 g/mol. The van der Waals surface area contributed by atoms with Gasteiger partial charge in [-0.3, -0.25) is 14.4 Å². The zero-order valence-electron chi connectivity index (χ0n) is 20.5. The third-order valence-corrected chi connectivity index (χ3v) is 7.22. The summed E-state index contributed by atoms with van der Waals surface area (Å²) < 4.78 is 30.8. The smallest absolute Gasteiger partial charge is 0.243 e. The predicted molar refractivity (Wildman–Crippen MR) is 138 cm³/mol. The third kappa shape index (κ3) is 5.00. The van der Waals surface area contributed by atoms with Gasteiger partial charge in [0, 0.05) is 41.1 Å². The Balaban J connectivity index is 1.31. The molecule has 1 saturated heterocycles. The average molecular weight is 540 g/mol. The van der Waals surface area contributed by atoms with Gasteiger partial charge in [-0.25, -0.2) is 8.78 Å². The van der Waals surface area contributed by atoms with Crippen molar-refractivity contribution in [3.63, 3.8) is 0 Å². The molecule has 1 fully saturated rings. The van der Waals surface area contributed by atoms with Crippen molar-refractivity contribution >= 4 is 45.7 Å². The van der Waals surface area contributed by atoms with Crippen LogP contribution >= 0.6 is 11.6 Å². The Morgan fingerprint density at radius 2 is 1.97 bits per heavy atom. The second kappa shape index (κ2) is 10.5. The lowest BCUT2D eigenvalue weighted by Gasteiger charge is -2.24. The summed E-state index contributed by atoms with van der Waals surface area (Å²) in [6, 6.07) is 9.25. The number of rotatable bonds is 8. The molecule has 3 heterocycles. The largest absolute Gasteiger partial charge is 0.337 e.